The Morgan fingerprint density at radius 2 is 1.90 bits per heavy atom. The van der Waals surface area contributed by atoms with Crippen LogP contribution in [0.25, 0.3) is 0 Å². The van der Waals surface area contributed by atoms with Crippen LogP contribution in [-0.2, 0) is 11.3 Å². The lowest BCUT2D eigenvalue weighted by Gasteiger charge is -2.47. The zero-order valence-corrected chi connectivity index (χ0v) is 14.2. The Morgan fingerprint density at radius 1 is 1.24 bits per heavy atom. The molecule has 0 unspecified atom stereocenters. The second-order valence-electron chi connectivity index (χ2n) is 6.81. The van der Waals surface area contributed by atoms with Crippen LogP contribution in [0.5, 0.6) is 0 Å². The van der Waals surface area contributed by atoms with Crippen molar-refractivity contribution in [1.82, 2.24) is 4.90 Å². The molecule has 3 nitrogen and oxygen atoms in total. The Hall–Kier alpha value is -0.860. The monoisotopic (exact) mass is 307 g/mol. The fourth-order valence-electron chi connectivity index (χ4n) is 3.01. The van der Waals surface area contributed by atoms with Crippen molar-refractivity contribution in [2.24, 2.45) is 0 Å². The summed E-state index contributed by atoms with van der Waals surface area (Å²) in [5.74, 6) is 6.07. The Labute approximate surface area is 131 Å². The predicted molar refractivity (Wildman–Crippen MR) is 87.4 cm³/mol. The van der Waals surface area contributed by atoms with Crippen molar-refractivity contribution < 1.29 is 9.84 Å². The number of rotatable bonds is 3. The summed E-state index contributed by atoms with van der Waals surface area (Å²) in [6, 6.07) is 4.23. The van der Waals surface area contributed by atoms with Gasteiger partial charge >= 0.3 is 0 Å². The van der Waals surface area contributed by atoms with E-state index < -0.39 is 0 Å². The Balaban J connectivity index is 2.00. The molecule has 2 rings (SSSR count). The maximum absolute atomic E-state index is 8.75. The van der Waals surface area contributed by atoms with Gasteiger partial charge in [0.05, 0.1) is 22.7 Å². The Bertz CT molecular complexity index is 520. The van der Waals surface area contributed by atoms with E-state index in [0.29, 0.717) is 6.42 Å². The zero-order chi connectivity index (χ0) is 15.5. The van der Waals surface area contributed by atoms with Gasteiger partial charge in [0.1, 0.15) is 0 Å². The maximum atomic E-state index is 8.75. The molecule has 116 valence electrons. The molecule has 1 N–H and O–H groups in total. The molecule has 0 amide bonds. The van der Waals surface area contributed by atoms with Crippen LogP contribution in [0.1, 0.15) is 43.9 Å². The first-order valence-corrected chi connectivity index (χ1v) is 8.22. The molecular weight excluding hydrogens is 282 g/mol. The molecule has 0 radical (unpaired) electrons. The smallest absolute Gasteiger partial charge is 0.0771 e. The van der Waals surface area contributed by atoms with E-state index in [1.807, 2.05) is 0 Å². The summed E-state index contributed by atoms with van der Waals surface area (Å²) < 4.78 is 6.12. The Kier molecular flexibility index (Phi) is 5.11. The third kappa shape index (κ3) is 5.12. The average Bonchev–Trinajstić information content (AvgIpc) is 2.72. The number of aliphatic hydroxyl groups excluding tert-OH is 1. The number of morpholine rings is 1. The summed E-state index contributed by atoms with van der Waals surface area (Å²) in [6.45, 7) is 11.6. The molecule has 0 bridgehead atoms. The minimum Gasteiger partial charge on any atom is -0.395 e. The fourth-order valence-corrected chi connectivity index (χ4v) is 3.94. The predicted octanol–water partition coefficient (Wildman–Crippen LogP) is 2.87. The lowest BCUT2D eigenvalue weighted by Crippen LogP contribution is -2.56. The normalized spacial score (nSPS) is 20.8. The lowest BCUT2D eigenvalue weighted by atomic mass is 9.99. The maximum Gasteiger partial charge on any atom is 0.0771 e. The minimum atomic E-state index is -0.108. The van der Waals surface area contributed by atoms with E-state index in [-0.39, 0.29) is 17.8 Å². The van der Waals surface area contributed by atoms with Crippen LogP contribution in [0.2, 0.25) is 0 Å². The minimum absolute atomic E-state index is 0.108. The van der Waals surface area contributed by atoms with Gasteiger partial charge in [-0.3, -0.25) is 4.90 Å². The van der Waals surface area contributed by atoms with Crippen molar-refractivity contribution in [2.45, 2.75) is 51.9 Å². The van der Waals surface area contributed by atoms with Gasteiger partial charge in [-0.15, -0.1) is 11.3 Å². The first-order chi connectivity index (χ1) is 9.80. The van der Waals surface area contributed by atoms with Gasteiger partial charge in [-0.2, -0.15) is 0 Å². The van der Waals surface area contributed by atoms with Crippen LogP contribution in [0, 0.1) is 11.8 Å². The van der Waals surface area contributed by atoms with Crippen molar-refractivity contribution in [3.05, 3.63) is 21.9 Å². The van der Waals surface area contributed by atoms with E-state index in [0.717, 1.165) is 24.5 Å². The first kappa shape index (κ1) is 16.5. The molecule has 0 saturated carbocycles. The molecule has 21 heavy (non-hydrogen) atoms. The quantitative estimate of drug-likeness (QED) is 0.872. The summed E-state index contributed by atoms with van der Waals surface area (Å²) in [7, 11) is 0. The van der Waals surface area contributed by atoms with Crippen LogP contribution in [-0.4, -0.2) is 40.9 Å². The third-order valence-corrected chi connectivity index (χ3v) is 4.24. The Morgan fingerprint density at radius 3 is 2.52 bits per heavy atom. The van der Waals surface area contributed by atoms with Gasteiger partial charge in [0.2, 0.25) is 0 Å². The van der Waals surface area contributed by atoms with E-state index >= 15 is 0 Å². The number of ether oxygens (including phenoxy) is 1. The molecule has 0 aliphatic carbocycles. The van der Waals surface area contributed by atoms with Crippen molar-refractivity contribution in [3.63, 3.8) is 0 Å². The molecule has 2 heterocycles. The number of hydrogen-bond acceptors (Lipinski definition) is 4. The van der Waals surface area contributed by atoms with E-state index in [1.165, 1.54) is 4.88 Å². The number of nitrogens with zero attached hydrogens (tertiary/aromatic N) is 1. The van der Waals surface area contributed by atoms with Gasteiger partial charge in [0.25, 0.3) is 0 Å². The average molecular weight is 307 g/mol. The van der Waals surface area contributed by atoms with Crippen molar-refractivity contribution >= 4 is 11.3 Å². The molecule has 1 aromatic rings. The van der Waals surface area contributed by atoms with Crippen molar-refractivity contribution in [3.8, 4) is 11.8 Å². The standard InChI is InChI=1S/C17H25NO2S/c1-16(2)12-18(13-17(3,4)20-16)11-15-9-8-14(21-15)7-5-6-10-19/h8-9,19H,6,10-13H2,1-4H3. The van der Waals surface area contributed by atoms with E-state index in [9.17, 15) is 0 Å². The summed E-state index contributed by atoms with van der Waals surface area (Å²) in [5.41, 5.74) is -0.217. The highest BCUT2D eigenvalue weighted by atomic mass is 32.1. The lowest BCUT2D eigenvalue weighted by molar-refractivity contribution is -0.182. The second-order valence-corrected chi connectivity index (χ2v) is 7.98. The van der Waals surface area contributed by atoms with Gasteiger partial charge in [-0.05, 0) is 39.8 Å². The zero-order valence-electron chi connectivity index (χ0n) is 13.4. The van der Waals surface area contributed by atoms with E-state index in [4.69, 9.17) is 9.84 Å². The summed E-state index contributed by atoms with van der Waals surface area (Å²) in [4.78, 5) is 4.86. The molecule has 0 aromatic carbocycles. The van der Waals surface area contributed by atoms with Crippen LogP contribution in [0.15, 0.2) is 12.1 Å². The van der Waals surface area contributed by atoms with Gasteiger partial charge < -0.3 is 9.84 Å². The van der Waals surface area contributed by atoms with Gasteiger partial charge in [-0.1, -0.05) is 11.8 Å². The van der Waals surface area contributed by atoms with Crippen LogP contribution in [0.4, 0.5) is 0 Å². The summed E-state index contributed by atoms with van der Waals surface area (Å²) in [5, 5.41) is 8.75. The fraction of sp³-hybridized carbons (Fsp3) is 0.647. The topological polar surface area (TPSA) is 32.7 Å². The summed E-state index contributed by atoms with van der Waals surface area (Å²) >= 11 is 1.74. The first-order valence-electron chi connectivity index (χ1n) is 7.41. The highest BCUT2D eigenvalue weighted by Gasteiger charge is 2.37. The molecule has 1 aliphatic heterocycles. The molecule has 1 aromatic heterocycles. The van der Waals surface area contributed by atoms with Crippen LogP contribution < -0.4 is 0 Å². The highest BCUT2D eigenvalue weighted by molar-refractivity contribution is 7.12. The van der Waals surface area contributed by atoms with Gasteiger partial charge in [0, 0.05) is 30.9 Å². The third-order valence-electron chi connectivity index (χ3n) is 3.25. The van der Waals surface area contributed by atoms with E-state index in [2.05, 4.69) is 56.6 Å². The van der Waals surface area contributed by atoms with Crippen LogP contribution in [0.3, 0.4) is 0 Å². The van der Waals surface area contributed by atoms with Crippen molar-refractivity contribution in [1.29, 1.82) is 0 Å². The molecule has 4 heteroatoms. The largest absolute Gasteiger partial charge is 0.395 e. The molecular formula is C17H25NO2S. The van der Waals surface area contributed by atoms with Crippen molar-refractivity contribution in [2.75, 3.05) is 19.7 Å². The molecule has 1 aliphatic rings. The number of hydrogen-bond donors (Lipinski definition) is 1. The second kappa shape index (κ2) is 6.50. The highest BCUT2D eigenvalue weighted by Crippen LogP contribution is 2.29. The molecule has 1 saturated heterocycles. The van der Waals surface area contributed by atoms with Gasteiger partial charge in [0.15, 0.2) is 0 Å². The molecule has 0 spiro atoms. The number of thiophene rings is 1. The SMILES string of the molecule is CC1(C)CN(Cc2ccc(C#CCCO)s2)CC(C)(C)O1. The van der Waals surface area contributed by atoms with Crippen LogP contribution >= 0.6 is 11.3 Å². The molecule has 0 atom stereocenters. The number of aliphatic hydroxyl groups is 1. The van der Waals surface area contributed by atoms with Gasteiger partial charge in [-0.25, -0.2) is 0 Å². The summed E-state index contributed by atoms with van der Waals surface area (Å²) in [6.07, 6.45) is 0.541. The van der Waals surface area contributed by atoms with E-state index in [1.54, 1.807) is 11.3 Å². The molecule has 1 fully saturated rings.